The molecular formula is C24H25N3. The Labute approximate surface area is 160 Å². The van der Waals surface area contributed by atoms with Gasteiger partial charge in [0.05, 0.1) is 11.9 Å². The van der Waals surface area contributed by atoms with Gasteiger partial charge in [0.15, 0.2) is 0 Å². The standard InChI is InChI=1S/C24H25N3/c1-4-26-23-12-7-6-11-21(23)22-16-19(13-14-24(22)26)17-25-27(5-2)20-10-8-9-18(3)15-20/h6-17H,4-5H2,1-3H3/b25-17+. The van der Waals surface area contributed by atoms with Crippen LogP contribution in [-0.4, -0.2) is 17.3 Å². The third kappa shape index (κ3) is 3.21. The highest BCUT2D eigenvalue weighted by Crippen LogP contribution is 2.29. The Kier molecular flexibility index (Phi) is 4.68. The molecule has 0 saturated heterocycles. The van der Waals surface area contributed by atoms with Crippen molar-refractivity contribution in [2.24, 2.45) is 5.10 Å². The SMILES string of the molecule is CCN(/N=C/c1ccc2c(c1)c1ccccc1n2CC)c1cccc(C)c1. The number of anilines is 1. The highest BCUT2D eigenvalue weighted by molar-refractivity contribution is 6.09. The summed E-state index contributed by atoms with van der Waals surface area (Å²) in [6.07, 6.45) is 1.96. The number of aryl methyl sites for hydroxylation is 2. The van der Waals surface area contributed by atoms with Crippen LogP contribution in [0, 0.1) is 6.92 Å². The molecule has 1 aromatic heterocycles. The number of aromatic nitrogens is 1. The van der Waals surface area contributed by atoms with Gasteiger partial charge in [0.25, 0.3) is 0 Å². The highest BCUT2D eigenvalue weighted by atomic mass is 15.4. The third-order valence-corrected chi connectivity index (χ3v) is 5.06. The molecule has 4 rings (SSSR count). The summed E-state index contributed by atoms with van der Waals surface area (Å²) in [4.78, 5) is 0. The number of nitrogens with zero attached hydrogens (tertiary/aromatic N) is 3. The monoisotopic (exact) mass is 355 g/mol. The molecule has 27 heavy (non-hydrogen) atoms. The van der Waals surface area contributed by atoms with Gasteiger partial charge in [0, 0.05) is 34.9 Å². The number of para-hydroxylation sites is 1. The van der Waals surface area contributed by atoms with Crippen molar-refractivity contribution in [2.45, 2.75) is 27.3 Å². The Morgan fingerprint density at radius 1 is 0.889 bits per heavy atom. The van der Waals surface area contributed by atoms with Gasteiger partial charge in [0.1, 0.15) is 0 Å². The van der Waals surface area contributed by atoms with Crippen LogP contribution >= 0.6 is 0 Å². The van der Waals surface area contributed by atoms with Crippen LogP contribution < -0.4 is 5.01 Å². The van der Waals surface area contributed by atoms with Gasteiger partial charge in [-0.15, -0.1) is 0 Å². The van der Waals surface area contributed by atoms with Gasteiger partial charge in [-0.25, -0.2) is 0 Å². The summed E-state index contributed by atoms with van der Waals surface area (Å²) >= 11 is 0. The fraction of sp³-hybridized carbons (Fsp3) is 0.208. The molecule has 0 aliphatic heterocycles. The van der Waals surface area contributed by atoms with Gasteiger partial charge >= 0.3 is 0 Å². The molecule has 0 atom stereocenters. The molecule has 136 valence electrons. The predicted octanol–water partition coefficient (Wildman–Crippen LogP) is 5.98. The van der Waals surface area contributed by atoms with Crippen LogP contribution in [-0.2, 0) is 6.54 Å². The Hall–Kier alpha value is -3.07. The van der Waals surface area contributed by atoms with Gasteiger partial charge < -0.3 is 4.57 Å². The van der Waals surface area contributed by atoms with Gasteiger partial charge in [-0.3, -0.25) is 5.01 Å². The van der Waals surface area contributed by atoms with Crippen molar-refractivity contribution in [1.29, 1.82) is 0 Å². The smallest absolute Gasteiger partial charge is 0.0596 e. The van der Waals surface area contributed by atoms with E-state index in [1.165, 1.54) is 27.4 Å². The minimum Gasteiger partial charge on any atom is -0.341 e. The third-order valence-electron chi connectivity index (χ3n) is 5.06. The first kappa shape index (κ1) is 17.3. The van der Waals surface area contributed by atoms with Crippen molar-refractivity contribution in [2.75, 3.05) is 11.6 Å². The van der Waals surface area contributed by atoms with Crippen LogP contribution in [0.2, 0.25) is 0 Å². The molecule has 3 heteroatoms. The van der Waals surface area contributed by atoms with Crippen LogP contribution in [0.3, 0.4) is 0 Å². The Balaban J connectivity index is 1.74. The molecule has 0 unspecified atom stereocenters. The van der Waals surface area contributed by atoms with E-state index < -0.39 is 0 Å². The van der Waals surface area contributed by atoms with E-state index in [0.717, 1.165) is 24.3 Å². The number of hydrogen-bond acceptors (Lipinski definition) is 2. The van der Waals surface area contributed by atoms with Crippen molar-refractivity contribution in [3.05, 3.63) is 77.9 Å². The van der Waals surface area contributed by atoms with Crippen LogP contribution in [0.1, 0.15) is 25.0 Å². The maximum absolute atomic E-state index is 4.74. The second-order valence-electron chi connectivity index (χ2n) is 6.84. The molecule has 0 fully saturated rings. The summed E-state index contributed by atoms with van der Waals surface area (Å²) in [6, 6.07) is 23.7. The van der Waals surface area contributed by atoms with E-state index in [2.05, 4.69) is 92.1 Å². The summed E-state index contributed by atoms with van der Waals surface area (Å²) in [6.45, 7) is 8.23. The van der Waals surface area contributed by atoms with Crippen molar-refractivity contribution in [3.63, 3.8) is 0 Å². The molecule has 3 aromatic carbocycles. The Morgan fingerprint density at radius 2 is 1.70 bits per heavy atom. The van der Waals surface area contributed by atoms with Crippen molar-refractivity contribution < 1.29 is 0 Å². The summed E-state index contributed by atoms with van der Waals surface area (Å²) < 4.78 is 2.37. The predicted molar refractivity (Wildman–Crippen MR) is 117 cm³/mol. The second-order valence-corrected chi connectivity index (χ2v) is 6.84. The first-order valence-electron chi connectivity index (χ1n) is 9.60. The molecule has 4 aromatic rings. The number of benzene rings is 3. The molecule has 1 heterocycles. The number of hydrazone groups is 1. The molecule has 0 bridgehead atoms. The maximum atomic E-state index is 4.74. The average molecular weight is 355 g/mol. The quantitative estimate of drug-likeness (QED) is 0.318. The number of hydrogen-bond donors (Lipinski definition) is 0. The van der Waals surface area contributed by atoms with E-state index >= 15 is 0 Å². The van der Waals surface area contributed by atoms with Crippen molar-refractivity contribution in [1.82, 2.24) is 4.57 Å². The van der Waals surface area contributed by atoms with Gasteiger partial charge in [0.2, 0.25) is 0 Å². The Bertz CT molecular complexity index is 1120. The van der Waals surface area contributed by atoms with Gasteiger partial charge in [-0.2, -0.15) is 5.10 Å². The summed E-state index contributed by atoms with van der Waals surface area (Å²) in [5, 5.41) is 9.36. The van der Waals surface area contributed by atoms with Gasteiger partial charge in [-0.1, -0.05) is 36.4 Å². The van der Waals surface area contributed by atoms with Gasteiger partial charge in [-0.05, 0) is 62.2 Å². The molecule has 0 aliphatic carbocycles. The molecule has 0 aliphatic rings. The zero-order valence-electron chi connectivity index (χ0n) is 16.2. The molecule has 3 nitrogen and oxygen atoms in total. The zero-order chi connectivity index (χ0) is 18.8. The molecule has 0 amide bonds. The molecule has 0 radical (unpaired) electrons. The first-order valence-corrected chi connectivity index (χ1v) is 9.60. The van der Waals surface area contributed by atoms with Crippen molar-refractivity contribution >= 4 is 33.7 Å². The largest absolute Gasteiger partial charge is 0.341 e. The summed E-state index contributed by atoms with van der Waals surface area (Å²) in [5.74, 6) is 0. The lowest BCUT2D eigenvalue weighted by Gasteiger charge is -2.17. The normalized spacial score (nSPS) is 11.7. The van der Waals surface area contributed by atoms with E-state index in [1.54, 1.807) is 0 Å². The van der Waals surface area contributed by atoms with E-state index in [1.807, 2.05) is 11.2 Å². The summed E-state index contributed by atoms with van der Waals surface area (Å²) in [7, 11) is 0. The van der Waals surface area contributed by atoms with Crippen LogP contribution in [0.25, 0.3) is 21.8 Å². The minimum absolute atomic E-state index is 0.831. The molecule has 0 saturated carbocycles. The van der Waals surface area contributed by atoms with Crippen LogP contribution in [0.15, 0.2) is 71.8 Å². The fourth-order valence-corrected chi connectivity index (χ4v) is 3.75. The first-order chi connectivity index (χ1) is 13.2. The molecule has 0 spiro atoms. The van der Waals surface area contributed by atoms with Crippen LogP contribution in [0.5, 0.6) is 0 Å². The fourth-order valence-electron chi connectivity index (χ4n) is 3.75. The highest BCUT2D eigenvalue weighted by Gasteiger charge is 2.09. The van der Waals surface area contributed by atoms with E-state index in [9.17, 15) is 0 Å². The maximum Gasteiger partial charge on any atom is 0.0596 e. The van der Waals surface area contributed by atoms with E-state index in [0.29, 0.717) is 0 Å². The van der Waals surface area contributed by atoms with E-state index in [-0.39, 0.29) is 0 Å². The topological polar surface area (TPSA) is 20.5 Å². The lowest BCUT2D eigenvalue weighted by Crippen LogP contribution is -2.15. The second kappa shape index (κ2) is 7.28. The molecule has 0 N–H and O–H groups in total. The lowest BCUT2D eigenvalue weighted by atomic mass is 10.1. The van der Waals surface area contributed by atoms with Crippen molar-refractivity contribution in [3.8, 4) is 0 Å². The lowest BCUT2D eigenvalue weighted by molar-refractivity contribution is 0.827. The average Bonchev–Trinajstić information content (AvgIpc) is 3.01. The number of fused-ring (bicyclic) bond motifs is 3. The number of rotatable bonds is 5. The zero-order valence-corrected chi connectivity index (χ0v) is 16.2. The molecular weight excluding hydrogens is 330 g/mol. The van der Waals surface area contributed by atoms with Crippen LogP contribution in [0.4, 0.5) is 5.69 Å². The van der Waals surface area contributed by atoms with E-state index in [4.69, 9.17) is 5.10 Å². The summed E-state index contributed by atoms with van der Waals surface area (Å²) in [5.41, 5.74) is 6.06. The Morgan fingerprint density at radius 3 is 2.48 bits per heavy atom. The minimum atomic E-state index is 0.831.